The molecule has 2 aromatic carbocycles. The van der Waals surface area contributed by atoms with Gasteiger partial charge in [-0.25, -0.2) is 4.79 Å². The Morgan fingerprint density at radius 1 is 1.31 bits per heavy atom. The van der Waals surface area contributed by atoms with Crippen molar-refractivity contribution in [3.05, 3.63) is 63.6 Å². The Labute approximate surface area is 154 Å². The van der Waals surface area contributed by atoms with Crippen LogP contribution in [0.25, 0.3) is 11.5 Å². The molecule has 0 spiro atoms. The lowest BCUT2D eigenvalue weighted by Crippen LogP contribution is -2.26. The summed E-state index contributed by atoms with van der Waals surface area (Å²) in [4.78, 5) is 24.2. The number of rotatable bonds is 5. The minimum absolute atomic E-state index is 0.156. The molecule has 3 aromatic rings. The fraction of sp³-hybridized carbons (Fsp3) is 0.167. The Morgan fingerprint density at radius 3 is 2.73 bits per heavy atom. The maximum absolute atomic E-state index is 12.3. The summed E-state index contributed by atoms with van der Waals surface area (Å²) in [5, 5.41) is 7.28. The number of carbonyl (C=O) groups excluding carboxylic acids is 1. The monoisotopic (exact) mass is 373 g/mol. The zero-order chi connectivity index (χ0) is 18.7. The average molecular weight is 374 g/mol. The number of benzene rings is 2. The highest BCUT2D eigenvalue weighted by molar-refractivity contribution is 6.31. The summed E-state index contributed by atoms with van der Waals surface area (Å²) in [7, 11) is 1.48. The van der Waals surface area contributed by atoms with E-state index >= 15 is 0 Å². The lowest BCUT2D eigenvalue weighted by molar-refractivity contribution is -0.117. The van der Waals surface area contributed by atoms with E-state index in [1.807, 2.05) is 13.0 Å². The summed E-state index contributed by atoms with van der Waals surface area (Å²) in [6.07, 6.45) is 0. The largest absolute Gasteiger partial charge is 0.495 e. The molecule has 1 N–H and O–H groups in total. The first-order valence-electron chi connectivity index (χ1n) is 7.75. The number of ether oxygens (including phenoxy) is 1. The van der Waals surface area contributed by atoms with Crippen molar-refractivity contribution in [3.8, 4) is 17.2 Å². The lowest BCUT2D eigenvalue weighted by Gasteiger charge is -2.12. The molecule has 0 fully saturated rings. The van der Waals surface area contributed by atoms with Crippen molar-refractivity contribution in [3.63, 3.8) is 0 Å². The SMILES string of the molecule is COc1cc(Cl)c(C)cc1NC(=O)Cn1nc(-c2ccccc2)oc1=O. The molecule has 3 rings (SSSR count). The number of anilines is 1. The Kier molecular flexibility index (Phi) is 5.09. The van der Waals surface area contributed by atoms with Gasteiger partial charge in [-0.1, -0.05) is 29.8 Å². The predicted molar refractivity (Wildman–Crippen MR) is 97.6 cm³/mol. The summed E-state index contributed by atoms with van der Waals surface area (Å²) in [5.41, 5.74) is 1.89. The van der Waals surface area contributed by atoms with Crippen LogP contribution in [0.5, 0.6) is 5.75 Å². The Bertz CT molecular complexity index is 995. The molecule has 26 heavy (non-hydrogen) atoms. The van der Waals surface area contributed by atoms with Crippen molar-refractivity contribution < 1.29 is 13.9 Å². The van der Waals surface area contributed by atoms with Crippen LogP contribution in [0.3, 0.4) is 0 Å². The standard InChI is InChI=1S/C18H16ClN3O4/c1-11-8-14(15(25-2)9-13(11)19)20-16(23)10-22-18(24)26-17(21-22)12-6-4-3-5-7-12/h3-9H,10H2,1-2H3,(H,20,23). The maximum atomic E-state index is 12.3. The van der Waals surface area contributed by atoms with Crippen molar-refractivity contribution >= 4 is 23.2 Å². The van der Waals surface area contributed by atoms with E-state index in [4.69, 9.17) is 20.8 Å². The minimum Gasteiger partial charge on any atom is -0.495 e. The van der Waals surface area contributed by atoms with Crippen LogP contribution in [-0.2, 0) is 11.3 Å². The third-order valence-electron chi connectivity index (χ3n) is 3.68. The van der Waals surface area contributed by atoms with Gasteiger partial charge in [-0.05, 0) is 30.7 Å². The smallest absolute Gasteiger partial charge is 0.437 e. The molecule has 0 atom stereocenters. The molecule has 7 nitrogen and oxygen atoms in total. The van der Waals surface area contributed by atoms with Crippen molar-refractivity contribution in [2.75, 3.05) is 12.4 Å². The quantitative estimate of drug-likeness (QED) is 0.742. The van der Waals surface area contributed by atoms with Gasteiger partial charge in [0.2, 0.25) is 11.8 Å². The molecule has 1 amide bonds. The molecule has 1 aromatic heterocycles. The zero-order valence-corrected chi connectivity index (χ0v) is 14.9. The molecular weight excluding hydrogens is 358 g/mol. The molecule has 0 aliphatic rings. The fourth-order valence-corrected chi connectivity index (χ4v) is 2.51. The first kappa shape index (κ1) is 17.8. The molecule has 0 unspecified atom stereocenters. The van der Waals surface area contributed by atoms with Crippen molar-refractivity contribution in [1.29, 1.82) is 0 Å². The van der Waals surface area contributed by atoms with Gasteiger partial charge in [0.1, 0.15) is 12.3 Å². The number of hydrogen-bond donors (Lipinski definition) is 1. The second kappa shape index (κ2) is 7.45. The van der Waals surface area contributed by atoms with E-state index in [2.05, 4.69) is 10.4 Å². The first-order chi connectivity index (χ1) is 12.5. The van der Waals surface area contributed by atoms with E-state index in [0.717, 1.165) is 10.2 Å². The number of nitrogens with one attached hydrogen (secondary N) is 1. The summed E-state index contributed by atoms with van der Waals surface area (Å²) in [6.45, 7) is 1.52. The third-order valence-corrected chi connectivity index (χ3v) is 4.08. The molecule has 0 bridgehead atoms. The molecule has 0 radical (unpaired) electrons. The van der Waals surface area contributed by atoms with Crippen LogP contribution in [0.2, 0.25) is 5.02 Å². The molecule has 0 aliphatic carbocycles. The van der Waals surface area contributed by atoms with Crippen molar-refractivity contribution in [2.45, 2.75) is 13.5 Å². The number of nitrogens with zero attached hydrogens (tertiary/aromatic N) is 2. The van der Waals surface area contributed by atoms with E-state index in [0.29, 0.717) is 22.0 Å². The van der Waals surface area contributed by atoms with Crippen molar-refractivity contribution in [1.82, 2.24) is 9.78 Å². The molecule has 134 valence electrons. The molecular formula is C18H16ClN3O4. The minimum atomic E-state index is -0.710. The van der Waals surface area contributed by atoms with Gasteiger partial charge in [0.05, 0.1) is 12.8 Å². The highest BCUT2D eigenvalue weighted by atomic mass is 35.5. The number of methoxy groups -OCH3 is 1. The van der Waals surface area contributed by atoms with E-state index in [-0.39, 0.29) is 12.4 Å². The predicted octanol–water partition coefficient (Wildman–Crippen LogP) is 3.11. The number of hydrogen-bond acceptors (Lipinski definition) is 5. The normalized spacial score (nSPS) is 10.6. The summed E-state index contributed by atoms with van der Waals surface area (Å²) < 4.78 is 11.3. The van der Waals surface area contributed by atoms with Crippen LogP contribution in [0.15, 0.2) is 51.7 Å². The highest BCUT2D eigenvalue weighted by Crippen LogP contribution is 2.30. The third kappa shape index (κ3) is 3.78. The number of carbonyl (C=O) groups is 1. The Balaban J connectivity index is 1.78. The first-order valence-corrected chi connectivity index (χ1v) is 8.13. The number of halogens is 1. The van der Waals surface area contributed by atoms with E-state index in [1.165, 1.54) is 7.11 Å². The van der Waals surface area contributed by atoms with Crippen LogP contribution in [-0.4, -0.2) is 22.8 Å². The molecule has 0 saturated carbocycles. The molecule has 0 aliphatic heterocycles. The highest BCUT2D eigenvalue weighted by Gasteiger charge is 2.15. The zero-order valence-electron chi connectivity index (χ0n) is 14.2. The number of aryl methyl sites for hydroxylation is 1. The average Bonchev–Trinajstić information content (AvgIpc) is 2.99. The summed E-state index contributed by atoms with van der Waals surface area (Å²) in [5.74, 6) is -0.576. The molecule has 8 heteroatoms. The van der Waals surface area contributed by atoms with E-state index in [1.54, 1.807) is 36.4 Å². The van der Waals surface area contributed by atoms with Gasteiger partial charge in [-0.15, -0.1) is 5.10 Å². The maximum Gasteiger partial charge on any atom is 0.437 e. The van der Waals surface area contributed by atoms with Gasteiger partial charge < -0.3 is 14.5 Å². The van der Waals surface area contributed by atoms with Gasteiger partial charge in [0.15, 0.2) is 0 Å². The van der Waals surface area contributed by atoms with Crippen molar-refractivity contribution in [2.24, 2.45) is 0 Å². The topological polar surface area (TPSA) is 86.4 Å². The summed E-state index contributed by atoms with van der Waals surface area (Å²) >= 11 is 6.05. The van der Waals surface area contributed by atoms with Gasteiger partial charge in [-0.3, -0.25) is 4.79 Å². The van der Waals surface area contributed by atoms with Gasteiger partial charge in [-0.2, -0.15) is 4.68 Å². The number of amides is 1. The van der Waals surface area contributed by atoms with Crippen LogP contribution in [0, 0.1) is 6.92 Å². The second-order valence-corrected chi connectivity index (χ2v) is 5.95. The van der Waals surface area contributed by atoms with Crippen LogP contribution in [0.4, 0.5) is 5.69 Å². The van der Waals surface area contributed by atoms with Crippen LogP contribution < -0.4 is 15.8 Å². The Hall–Kier alpha value is -3.06. The van der Waals surface area contributed by atoms with Gasteiger partial charge in [0.25, 0.3) is 0 Å². The lowest BCUT2D eigenvalue weighted by atomic mass is 10.2. The molecule has 1 heterocycles. The Morgan fingerprint density at radius 2 is 2.04 bits per heavy atom. The van der Waals surface area contributed by atoms with Gasteiger partial charge in [0, 0.05) is 16.7 Å². The number of aromatic nitrogens is 2. The van der Waals surface area contributed by atoms with E-state index in [9.17, 15) is 9.59 Å². The van der Waals surface area contributed by atoms with Crippen LogP contribution >= 0.6 is 11.6 Å². The van der Waals surface area contributed by atoms with Crippen LogP contribution in [0.1, 0.15) is 5.56 Å². The molecule has 0 saturated heterocycles. The summed E-state index contributed by atoms with van der Waals surface area (Å²) in [6, 6.07) is 12.3. The van der Waals surface area contributed by atoms with E-state index < -0.39 is 11.7 Å². The second-order valence-electron chi connectivity index (χ2n) is 5.55. The fourth-order valence-electron chi connectivity index (χ4n) is 2.36. The van der Waals surface area contributed by atoms with Gasteiger partial charge >= 0.3 is 5.76 Å².